The maximum Gasteiger partial charge on any atom is 0.304 e. The number of thiophene rings is 1. The van der Waals surface area contributed by atoms with Gasteiger partial charge in [-0.3, -0.25) is 4.79 Å². The van der Waals surface area contributed by atoms with Crippen molar-refractivity contribution in [3.8, 4) is 0 Å². The monoisotopic (exact) mass is 260 g/mol. The Morgan fingerprint density at radius 3 is 2.69 bits per heavy atom. The lowest BCUT2D eigenvalue weighted by Gasteiger charge is -2.08. The molecule has 1 heterocycles. The van der Waals surface area contributed by atoms with Crippen molar-refractivity contribution in [3.63, 3.8) is 0 Å². The topological polar surface area (TPSA) is 37.3 Å². The molecule has 2 nitrogen and oxygen atoms in total. The van der Waals surface area contributed by atoms with E-state index in [1.807, 2.05) is 12.1 Å². The molecule has 1 aliphatic carbocycles. The van der Waals surface area contributed by atoms with Crippen LogP contribution < -0.4 is 0 Å². The summed E-state index contributed by atoms with van der Waals surface area (Å²) in [4.78, 5) is 11.8. The highest BCUT2D eigenvalue weighted by molar-refractivity contribution is 9.11. The summed E-state index contributed by atoms with van der Waals surface area (Å²) in [6.07, 6.45) is 2.32. The van der Waals surface area contributed by atoms with Gasteiger partial charge in [0, 0.05) is 10.3 Å². The Morgan fingerprint density at radius 2 is 2.31 bits per heavy atom. The highest BCUT2D eigenvalue weighted by Gasteiger charge is 2.46. The van der Waals surface area contributed by atoms with Crippen molar-refractivity contribution in [2.45, 2.75) is 24.7 Å². The highest BCUT2D eigenvalue weighted by Crippen LogP contribution is 2.53. The van der Waals surface area contributed by atoms with Gasteiger partial charge in [0.2, 0.25) is 0 Å². The van der Waals surface area contributed by atoms with Crippen LogP contribution in [0.1, 0.15) is 24.1 Å². The van der Waals surface area contributed by atoms with Crippen LogP contribution in [0.5, 0.6) is 0 Å². The summed E-state index contributed by atoms with van der Waals surface area (Å²) >= 11 is 5.04. The Kier molecular flexibility index (Phi) is 2.20. The zero-order valence-corrected chi connectivity index (χ0v) is 9.32. The first-order valence-electron chi connectivity index (χ1n) is 4.10. The molecule has 1 saturated carbocycles. The number of carbonyl (C=O) groups is 1. The summed E-state index contributed by atoms with van der Waals surface area (Å²) in [5.74, 6) is -0.693. The van der Waals surface area contributed by atoms with Gasteiger partial charge in [-0.2, -0.15) is 0 Å². The van der Waals surface area contributed by atoms with E-state index in [4.69, 9.17) is 5.11 Å². The van der Waals surface area contributed by atoms with Gasteiger partial charge in [-0.05, 0) is 40.9 Å². The van der Waals surface area contributed by atoms with Crippen LogP contribution in [0.15, 0.2) is 15.9 Å². The minimum atomic E-state index is -0.693. The summed E-state index contributed by atoms with van der Waals surface area (Å²) in [7, 11) is 0. The van der Waals surface area contributed by atoms with Gasteiger partial charge in [0.05, 0.1) is 10.2 Å². The fraction of sp³-hybridized carbons (Fsp3) is 0.444. The van der Waals surface area contributed by atoms with Crippen molar-refractivity contribution in [2.75, 3.05) is 0 Å². The Hall–Kier alpha value is -0.350. The molecule has 1 aromatic heterocycles. The zero-order valence-electron chi connectivity index (χ0n) is 6.92. The summed E-state index contributed by atoms with van der Waals surface area (Å²) in [5.41, 5.74) is -0.0253. The molecule has 1 aliphatic rings. The van der Waals surface area contributed by atoms with Crippen LogP contribution >= 0.6 is 27.3 Å². The summed E-state index contributed by atoms with van der Waals surface area (Å²) in [5, 5.41) is 8.75. The zero-order chi connectivity index (χ0) is 9.47. The molecule has 1 aromatic rings. The van der Waals surface area contributed by atoms with Crippen LogP contribution in [0.25, 0.3) is 0 Å². The van der Waals surface area contributed by atoms with Gasteiger partial charge in [0.15, 0.2) is 0 Å². The van der Waals surface area contributed by atoms with E-state index in [9.17, 15) is 4.79 Å². The largest absolute Gasteiger partial charge is 0.481 e. The van der Waals surface area contributed by atoms with Crippen molar-refractivity contribution >= 4 is 33.2 Å². The summed E-state index contributed by atoms with van der Waals surface area (Å²) < 4.78 is 1.08. The van der Waals surface area contributed by atoms with Crippen LogP contribution in [-0.4, -0.2) is 11.1 Å². The maximum absolute atomic E-state index is 10.6. The molecule has 1 fully saturated rings. The molecule has 13 heavy (non-hydrogen) atoms. The predicted octanol–water partition coefficient (Wildman–Crippen LogP) is 3.02. The van der Waals surface area contributed by atoms with E-state index in [1.165, 1.54) is 4.88 Å². The van der Waals surface area contributed by atoms with Gasteiger partial charge >= 0.3 is 5.97 Å². The first-order chi connectivity index (χ1) is 6.12. The molecule has 4 heteroatoms. The van der Waals surface area contributed by atoms with E-state index in [0.717, 1.165) is 16.6 Å². The second-order valence-corrected chi connectivity index (χ2v) is 5.92. The van der Waals surface area contributed by atoms with E-state index in [-0.39, 0.29) is 11.8 Å². The molecule has 70 valence electrons. The molecule has 0 saturated heterocycles. The molecule has 0 bridgehead atoms. The smallest absolute Gasteiger partial charge is 0.304 e. The van der Waals surface area contributed by atoms with Crippen molar-refractivity contribution in [3.05, 3.63) is 20.8 Å². The maximum atomic E-state index is 10.6. The van der Waals surface area contributed by atoms with Gasteiger partial charge in [0.25, 0.3) is 0 Å². The molecule has 0 unspecified atom stereocenters. The van der Waals surface area contributed by atoms with Crippen LogP contribution in [0.3, 0.4) is 0 Å². The Balaban J connectivity index is 2.20. The molecule has 0 spiro atoms. The van der Waals surface area contributed by atoms with E-state index < -0.39 is 5.97 Å². The van der Waals surface area contributed by atoms with Crippen LogP contribution in [0, 0.1) is 0 Å². The molecule has 1 N–H and O–H groups in total. The van der Waals surface area contributed by atoms with Gasteiger partial charge in [0.1, 0.15) is 0 Å². The molecular formula is C9H9BrO2S. The minimum absolute atomic E-state index is 0.0253. The summed E-state index contributed by atoms with van der Waals surface area (Å²) in [6.45, 7) is 0. The third kappa shape index (κ3) is 1.79. The third-order valence-corrected chi connectivity index (χ3v) is 4.31. The average molecular weight is 261 g/mol. The first-order valence-corrected chi connectivity index (χ1v) is 5.71. The lowest BCUT2D eigenvalue weighted by Crippen LogP contribution is -2.10. The minimum Gasteiger partial charge on any atom is -0.481 e. The Morgan fingerprint density at radius 1 is 1.62 bits per heavy atom. The Bertz CT molecular complexity index is 341. The van der Waals surface area contributed by atoms with Crippen molar-refractivity contribution < 1.29 is 9.90 Å². The van der Waals surface area contributed by atoms with Gasteiger partial charge in [-0.1, -0.05) is 0 Å². The van der Waals surface area contributed by atoms with Crippen LogP contribution in [0.2, 0.25) is 0 Å². The first kappa shape index (κ1) is 9.21. The molecule has 0 aromatic carbocycles. The number of hydrogen-bond acceptors (Lipinski definition) is 2. The number of halogens is 1. The molecule has 0 amide bonds. The van der Waals surface area contributed by atoms with Crippen LogP contribution in [0.4, 0.5) is 0 Å². The predicted molar refractivity (Wildman–Crippen MR) is 55.2 cm³/mol. The number of hydrogen-bond donors (Lipinski definition) is 1. The quantitative estimate of drug-likeness (QED) is 0.908. The molecule has 2 rings (SSSR count). The molecule has 0 aliphatic heterocycles. The summed E-state index contributed by atoms with van der Waals surface area (Å²) in [6, 6.07) is 4.02. The van der Waals surface area contributed by atoms with Crippen molar-refractivity contribution in [1.82, 2.24) is 0 Å². The number of carboxylic acid groups (broad SMARTS) is 1. The number of aliphatic carboxylic acids is 1. The fourth-order valence-corrected chi connectivity index (χ4v) is 3.18. The molecule has 0 radical (unpaired) electrons. The van der Waals surface area contributed by atoms with Gasteiger partial charge in [-0.25, -0.2) is 0 Å². The number of rotatable bonds is 3. The second-order valence-electron chi connectivity index (χ2n) is 3.45. The van der Waals surface area contributed by atoms with E-state index in [1.54, 1.807) is 11.3 Å². The third-order valence-electron chi connectivity index (χ3n) is 2.44. The van der Waals surface area contributed by atoms with E-state index in [0.29, 0.717) is 0 Å². The van der Waals surface area contributed by atoms with E-state index in [2.05, 4.69) is 15.9 Å². The molecule has 0 atom stereocenters. The standard InChI is InChI=1S/C9H9BrO2S/c10-7-2-1-6(13-7)9(3-4-9)5-8(11)12/h1-2H,3-5H2,(H,11,12). The lowest BCUT2D eigenvalue weighted by molar-refractivity contribution is -0.137. The number of carboxylic acids is 1. The highest BCUT2D eigenvalue weighted by atomic mass is 79.9. The van der Waals surface area contributed by atoms with E-state index >= 15 is 0 Å². The second kappa shape index (κ2) is 3.10. The average Bonchev–Trinajstić information content (AvgIpc) is 2.65. The van der Waals surface area contributed by atoms with Crippen molar-refractivity contribution in [1.29, 1.82) is 0 Å². The normalized spacial score (nSPS) is 18.5. The SMILES string of the molecule is O=C(O)CC1(c2ccc(Br)s2)CC1. The van der Waals surface area contributed by atoms with Crippen LogP contribution in [-0.2, 0) is 10.2 Å². The molecular weight excluding hydrogens is 252 g/mol. The lowest BCUT2D eigenvalue weighted by atomic mass is 10.0. The Labute approximate surface area is 88.7 Å². The fourth-order valence-electron chi connectivity index (χ4n) is 1.55. The van der Waals surface area contributed by atoms with Gasteiger partial charge in [-0.15, -0.1) is 11.3 Å². The van der Waals surface area contributed by atoms with Gasteiger partial charge < -0.3 is 5.11 Å². The van der Waals surface area contributed by atoms with Crippen molar-refractivity contribution in [2.24, 2.45) is 0 Å².